The van der Waals surface area contributed by atoms with Crippen LogP contribution in [0.4, 0.5) is 0 Å². The highest BCUT2D eigenvalue weighted by atomic mass is 35.5. The molecular weight excluding hydrogens is 252 g/mol. The average molecular weight is 269 g/mol. The third-order valence-electron chi connectivity index (χ3n) is 3.49. The van der Waals surface area contributed by atoms with Crippen LogP contribution in [0.25, 0.3) is 0 Å². The van der Waals surface area contributed by atoms with E-state index in [0.29, 0.717) is 10.6 Å². The van der Waals surface area contributed by atoms with Gasteiger partial charge in [0.15, 0.2) is 12.1 Å². The third kappa shape index (κ3) is 2.18. The Balaban J connectivity index is 2.40. The Labute approximate surface area is 112 Å². The summed E-state index contributed by atoms with van der Waals surface area (Å²) in [4.78, 5) is 10.9. The summed E-state index contributed by atoms with van der Waals surface area (Å²) in [6.45, 7) is 7.80. The Bertz CT molecular complexity index is 484. The largest absolute Gasteiger partial charge is 0.340 e. The van der Waals surface area contributed by atoms with Crippen molar-refractivity contribution in [1.82, 2.24) is 0 Å². The third-order valence-corrected chi connectivity index (χ3v) is 3.83. The van der Waals surface area contributed by atoms with Gasteiger partial charge in [0, 0.05) is 11.1 Å². The van der Waals surface area contributed by atoms with Crippen molar-refractivity contribution in [2.75, 3.05) is 0 Å². The monoisotopic (exact) mass is 268 g/mol. The van der Waals surface area contributed by atoms with E-state index in [2.05, 4.69) is 0 Å². The van der Waals surface area contributed by atoms with Crippen LogP contribution in [0.15, 0.2) is 18.2 Å². The van der Waals surface area contributed by atoms with Gasteiger partial charge >= 0.3 is 0 Å². The Kier molecular flexibility index (Phi) is 3.26. The van der Waals surface area contributed by atoms with Gasteiger partial charge in [0.1, 0.15) is 0 Å². The zero-order chi connectivity index (χ0) is 13.6. The van der Waals surface area contributed by atoms with Crippen molar-refractivity contribution in [2.45, 2.75) is 45.2 Å². The summed E-state index contributed by atoms with van der Waals surface area (Å²) in [7, 11) is 0. The summed E-state index contributed by atoms with van der Waals surface area (Å²) in [5.74, 6) is -0.842. The van der Waals surface area contributed by atoms with Crippen LogP contribution in [0.2, 0.25) is 5.02 Å². The van der Waals surface area contributed by atoms with E-state index in [1.54, 1.807) is 12.1 Å². The first-order valence-electron chi connectivity index (χ1n) is 5.92. The quantitative estimate of drug-likeness (QED) is 0.770. The molecule has 0 bridgehead atoms. The molecule has 0 saturated carbocycles. The summed E-state index contributed by atoms with van der Waals surface area (Å²) >= 11 is 5.92. The molecule has 1 aromatic rings. The minimum atomic E-state index is -0.842. The molecule has 1 aliphatic rings. The molecule has 18 heavy (non-hydrogen) atoms. The zero-order valence-corrected chi connectivity index (χ0v) is 11.7. The van der Waals surface area contributed by atoms with Gasteiger partial charge in [0.2, 0.25) is 0 Å². The minimum absolute atomic E-state index is 0.0298. The van der Waals surface area contributed by atoms with E-state index in [1.807, 2.05) is 33.8 Å². The molecule has 1 aromatic carbocycles. The average Bonchev–Trinajstić information content (AvgIpc) is 2.49. The molecule has 1 aliphatic heterocycles. The maximum Gasteiger partial charge on any atom is 0.193 e. The van der Waals surface area contributed by atoms with E-state index in [1.165, 1.54) is 0 Å². The van der Waals surface area contributed by atoms with E-state index in [0.717, 1.165) is 11.8 Å². The van der Waals surface area contributed by atoms with Gasteiger partial charge in [0.25, 0.3) is 0 Å². The van der Waals surface area contributed by atoms with Gasteiger partial charge in [0.05, 0.1) is 16.7 Å². The van der Waals surface area contributed by atoms with Gasteiger partial charge in [-0.1, -0.05) is 17.7 Å². The van der Waals surface area contributed by atoms with Gasteiger partial charge in [-0.2, -0.15) is 0 Å². The zero-order valence-electron chi connectivity index (χ0n) is 11.0. The molecule has 0 N–H and O–H groups in total. The lowest BCUT2D eigenvalue weighted by Gasteiger charge is -2.26. The first-order valence-corrected chi connectivity index (χ1v) is 6.29. The van der Waals surface area contributed by atoms with Crippen LogP contribution in [0.3, 0.4) is 0 Å². The molecular formula is C14H17ClO3. The van der Waals surface area contributed by atoms with Crippen LogP contribution in [-0.2, 0) is 15.3 Å². The van der Waals surface area contributed by atoms with Crippen LogP contribution >= 0.6 is 11.6 Å². The Morgan fingerprint density at radius 3 is 2.50 bits per heavy atom. The predicted octanol–water partition coefficient (Wildman–Crippen LogP) is 3.54. The molecule has 0 radical (unpaired) electrons. The molecule has 2 rings (SSSR count). The molecule has 1 saturated heterocycles. The summed E-state index contributed by atoms with van der Waals surface area (Å²) in [6, 6.07) is 5.22. The summed E-state index contributed by atoms with van der Waals surface area (Å²) in [5, 5.41) is 0.433. The number of rotatable bonds is 2. The van der Waals surface area contributed by atoms with E-state index in [9.17, 15) is 4.79 Å². The molecule has 0 spiro atoms. The maximum atomic E-state index is 10.9. The first-order chi connectivity index (χ1) is 8.28. The normalized spacial score (nSPS) is 30.4. The van der Waals surface area contributed by atoms with Crippen molar-refractivity contribution in [3.05, 3.63) is 34.3 Å². The summed E-state index contributed by atoms with van der Waals surface area (Å²) in [5.41, 5.74) is 0.877. The predicted molar refractivity (Wildman–Crippen MR) is 69.9 cm³/mol. The fourth-order valence-corrected chi connectivity index (χ4v) is 2.29. The van der Waals surface area contributed by atoms with Crippen molar-refractivity contribution in [1.29, 1.82) is 0 Å². The highest BCUT2D eigenvalue weighted by Gasteiger charge is 2.48. The Morgan fingerprint density at radius 1 is 1.33 bits per heavy atom. The molecule has 0 amide bonds. The second-order valence-electron chi connectivity index (χ2n) is 5.27. The van der Waals surface area contributed by atoms with Crippen molar-refractivity contribution in [3.8, 4) is 0 Å². The van der Waals surface area contributed by atoms with Gasteiger partial charge in [-0.05, 0) is 39.8 Å². The number of aldehydes is 1. The summed E-state index contributed by atoms with van der Waals surface area (Å²) < 4.78 is 11.9. The Hall–Kier alpha value is -0.900. The van der Waals surface area contributed by atoms with E-state index < -0.39 is 5.79 Å². The highest BCUT2D eigenvalue weighted by Crippen LogP contribution is 2.43. The van der Waals surface area contributed by atoms with Crippen LogP contribution in [0, 0.1) is 0 Å². The molecule has 0 aliphatic carbocycles. The molecule has 2 unspecified atom stereocenters. The molecule has 98 valence electrons. The second kappa shape index (κ2) is 4.34. The molecule has 3 nitrogen and oxygen atoms in total. The standard InChI is InChI=1S/C14H17ClO3/c1-9-13(2,3)18-14(4,17-9)11-5-6-12(15)10(7-11)8-16/h5-9H,1-4H3. The number of hydrogen-bond acceptors (Lipinski definition) is 3. The van der Waals surface area contributed by atoms with Crippen LogP contribution in [-0.4, -0.2) is 18.0 Å². The van der Waals surface area contributed by atoms with E-state index >= 15 is 0 Å². The fraction of sp³-hybridized carbons (Fsp3) is 0.500. The van der Waals surface area contributed by atoms with Gasteiger partial charge in [-0.15, -0.1) is 0 Å². The van der Waals surface area contributed by atoms with Crippen LogP contribution < -0.4 is 0 Å². The summed E-state index contributed by atoms with van der Waals surface area (Å²) in [6.07, 6.45) is 0.705. The van der Waals surface area contributed by atoms with E-state index in [-0.39, 0.29) is 11.7 Å². The van der Waals surface area contributed by atoms with Crippen LogP contribution in [0.1, 0.15) is 43.6 Å². The molecule has 1 fully saturated rings. The maximum absolute atomic E-state index is 10.9. The number of carbonyl (C=O) groups excluding carboxylic acids is 1. The number of carbonyl (C=O) groups is 1. The second-order valence-corrected chi connectivity index (χ2v) is 5.67. The van der Waals surface area contributed by atoms with E-state index in [4.69, 9.17) is 21.1 Å². The van der Waals surface area contributed by atoms with Crippen molar-refractivity contribution in [2.24, 2.45) is 0 Å². The Morgan fingerprint density at radius 2 is 2.00 bits per heavy atom. The smallest absolute Gasteiger partial charge is 0.193 e. The fourth-order valence-electron chi connectivity index (χ4n) is 2.13. The molecule has 1 heterocycles. The molecule has 4 heteroatoms. The lowest BCUT2D eigenvalue weighted by atomic mass is 10.0. The van der Waals surface area contributed by atoms with Gasteiger partial charge < -0.3 is 9.47 Å². The number of benzene rings is 1. The van der Waals surface area contributed by atoms with Crippen LogP contribution in [0.5, 0.6) is 0 Å². The van der Waals surface area contributed by atoms with Crippen molar-refractivity contribution >= 4 is 17.9 Å². The minimum Gasteiger partial charge on any atom is -0.340 e. The van der Waals surface area contributed by atoms with Gasteiger partial charge in [-0.3, -0.25) is 4.79 Å². The van der Waals surface area contributed by atoms with Gasteiger partial charge in [-0.25, -0.2) is 0 Å². The lowest BCUT2D eigenvalue weighted by Crippen LogP contribution is -2.31. The molecule has 0 aromatic heterocycles. The topological polar surface area (TPSA) is 35.5 Å². The van der Waals surface area contributed by atoms with Crippen molar-refractivity contribution in [3.63, 3.8) is 0 Å². The number of halogens is 1. The van der Waals surface area contributed by atoms with Crippen molar-refractivity contribution < 1.29 is 14.3 Å². The SMILES string of the molecule is CC1OC(C)(c2ccc(Cl)c(C=O)c2)OC1(C)C. The number of hydrogen-bond donors (Lipinski definition) is 0. The highest BCUT2D eigenvalue weighted by molar-refractivity contribution is 6.32. The lowest BCUT2D eigenvalue weighted by molar-refractivity contribution is -0.179. The number of ether oxygens (including phenoxy) is 2. The molecule has 2 atom stereocenters. The first kappa shape index (κ1) is 13.5.